The van der Waals surface area contributed by atoms with Crippen molar-refractivity contribution in [2.24, 2.45) is 21.6 Å². The van der Waals surface area contributed by atoms with Crippen LogP contribution in [0.3, 0.4) is 0 Å². The summed E-state index contributed by atoms with van der Waals surface area (Å²) < 4.78 is 24.4. The van der Waals surface area contributed by atoms with E-state index in [1.807, 2.05) is 27.9 Å². The molecule has 0 aliphatic heterocycles. The van der Waals surface area contributed by atoms with Gasteiger partial charge in [-0.2, -0.15) is 4.40 Å². The fourth-order valence-corrected chi connectivity index (χ4v) is 6.15. The van der Waals surface area contributed by atoms with E-state index in [1.54, 1.807) is 0 Å². The number of nitrogens with zero attached hydrogens (tertiary/aromatic N) is 1. The molecular formula is C22H32BrNO2S. The summed E-state index contributed by atoms with van der Waals surface area (Å²) in [6.45, 7) is 10.5. The highest BCUT2D eigenvalue weighted by molar-refractivity contribution is 9.10. The molecule has 1 aromatic carbocycles. The van der Waals surface area contributed by atoms with Crippen molar-refractivity contribution in [2.75, 3.05) is 7.11 Å². The first-order chi connectivity index (χ1) is 12.6. The summed E-state index contributed by atoms with van der Waals surface area (Å²) in [6, 6.07) is 6.48. The van der Waals surface area contributed by atoms with Gasteiger partial charge in [-0.1, -0.05) is 42.3 Å². The number of fused-ring (bicyclic) bond motifs is 1. The minimum Gasteiger partial charge on any atom is -0.381 e. The molecular weight excluding hydrogens is 422 g/mol. The fourth-order valence-electron chi connectivity index (χ4n) is 5.06. The van der Waals surface area contributed by atoms with Crippen LogP contribution < -0.4 is 0 Å². The van der Waals surface area contributed by atoms with E-state index in [1.165, 1.54) is 11.1 Å². The van der Waals surface area contributed by atoms with Gasteiger partial charge in [-0.15, -0.1) is 0 Å². The lowest BCUT2D eigenvalue weighted by Gasteiger charge is -2.46. The van der Waals surface area contributed by atoms with Crippen LogP contribution in [0.15, 0.2) is 27.1 Å². The van der Waals surface area contributed by atoms with Crippen LogP contribution in [-0.4, -0.2) is 27.9 Å². The summed E-state index contributed by atoms with van der Waals surface area (Å²) >= 11 is 3.62. The van der Waals surface area contributed by atoms with E-state index in [0.29, 0.717) is 17.9 Å². The van der Waals surface area contributed by atoms with Gasteiger partial charge >= 0.3 is 0 Å². The van der Waals surface area contributed by atoms with Gasteiger partial charge in [0.2, 0.25) is 0 Å². The molecule has 27 heavy (non-hydrogen) atoms. The fraction of sp³-hybridized carbons (Fsp3) is 0.682. The number of benzene rings is 1. The number of hydrogen-bond donors (Lipinski definition) is 0. The van der Waals surface area contributed by atoms with E-state index in [2.05, 4.69) is 48.0 Å². The van der Waals surface area contributed by atoms with Crippen LogP contribution in [0.4, 0.5) is 0 Å². The Bertz CT molecular complexity index is 770. The van der Waals surface area contributed by atoms with Crippen LogP contribution in [0, 0.1) is 17.3 Å². The Morgan fingerprint density at radius 2 is 2.04 bits per heavy atom. The van der Waals surface area contributed by atoms with Crippen LogP contribution in [0.5, 0.6) is 0 Å². The third-order valence-corrected chi connectivity index (χ3v) is 8.13. The highest BCUT2D eigenvalue weighted by Gasteiger charge is 2.51. The lowest BCUT2D eigenvalue weighted by Crippen LogP contribution is -2.46. The quantitative estimate of drug-likeness (QED) is 0.587. The van der Waals surface area contributed by atoms with Crippen LogP contribution in [0.1, 0.15) is 65.0 Å². The second-order valence-corrected chi connectivity index (χ2v) is 12.1. The SMILES string of the molecule is CC[C@H]1C[C@]2(Cc3ccc(Br)cc3C2=N[S@@](=O)C(C)(C)C)C[C@@H](C)[C@@H]1OC. The van der Waals surface area contributed by atoms with Crippen molar-refractivity contribution in [3.05, 3.63) is 33.8 Å². The zero-order valence-corrected chi connectivity index (χ0v) is 19.7. The third-order valence-electron chi connectivity index (χ3n) is 6.24. The molecule has 0 bridgehead atoms. The summed E-state index contributed by atoms with van der Waals surface area (Å²) in [5.41, 5.74) is 3.55. The predicted octanol–water partition coefficient (Wildman–Crippen LogP) is 5.71. The van der Waals surface area contributed by atoms with Crippen molar-refractivity contribution in [3.63, 3.8) is 0 Å². The molecule has 0 saturated heterocycles. The minimum absolute atomic E-state index is 0.0286. The average Bonchev–Trinajstić information content (AvgIpc) is 2.86. The summed E-state index contributed by atoms with van der Waals surface area (Å²) in [5, 5.41) is 0. The third kappa shape index (κ3) is 3.97. The van der Waals surface area contributed by atoms with Crippen molar-refractivity contribution >= 4 is 32.6 Å². The summed E-state index contributed by atoms with van der Waals surface area (Å²) in [6.07, 6.45) is 4.48. The first kappa shape index (κ1) is 21.2. The molecule has 2 aliphatic carbocycles. The lowest BCUT2D eigenvalue weighted by molar-refractivity contribution is -0.0419. The van der Waals surface area contributed by atoms with Gasteiger partial charge in [0.1, 0.15) is 11.0 Å². The standard InChI is InChI=1S/C22H32BrNO2S/c1-7-15-12-22(11-14(2)19(15)26-6)13-16-8-9-17(23)10-18(16)20(22)24-27(25)21(3,4)5/h8-10,14-15,19H,7,11-13H2,1-6H3/t14-,15+,19+,22+,27+/m1/s1. The van der Waals surface area contributed by atoms with Gasteiger partial charge in [0.05, 0.1) is 16.6 Å². The highest BCUT2D eigenvalue weighted by Crippen LogP contribution is 2.53. The van der Waals surface area contributed by atoms with E-state index in [0.717, 1.165) is 35.9 Å². The smallest absolute Gasteiger partial charge is 0.145 e. The lowest BCUT2D eigenvalue weighted by atomic mass is 9.62. The van der Waals surface area contributed by atoms with Crippen molar-refractivity contribution in [2.45, 2.75) is 71.2 Å². The summed E-state index contributed by atoms with van der Waals surface area (Å²) in [4.78, 5) is 0. The molecule has 1 saturated carbocycles. The molecule has 5 heteroatoms. The molecule has 150 valence electrons. The van der Waals surface area contributed by atoms with Crippen LogP contribution in [-0.2, 0) is 22.1 Å². The normalized spacial score (nSPS) is 33.4. The molecule has 0 N–H and O–H groups in total. The maximum Gasteiger partial charge on any atom is 0.145 e. The Hall–Kier alpha value is -0.520. The monoisotopic (exact) mass is 453 g/mol. The van der Waals surface area contributed by atoms with Crippen molar-refractivity contribution in [3.8, 4) is 0 Å². The Balaban J connectivity index is 2.11. The number of ether oxygens (including phenoxy) is 1. The summed E-state index contributed by atoms with van der Waals surface area (Å²) in [5.74, 6) is 0.963. The molecule has 1 fully saturated rings. The molecule has 1 aromatic rings. The van der Waals surface area contributed by atoms with Crippen LogP contribution >= 0.6 is 15.9 Å². The van der Waals surface area contributed by atoms with Gasteiger partial charge in [0, 0.05) is 22.6 Å². The number of rotatable bonds is 3. The Kier molecular flexibility index (Phi) is 6.06. The predicted molar refractivity (Wildman–Crippen MR) is 118 cm³/mol. The van der Waals surface area contributed by atoms with Crippen molar-refractivity contribution in [1.29, 1.82) is 0 Å². The van der Waals surface area contributed by atoms with E-state index in [4.69, 9.17) is 9.13 Å². The molecule has 3 nitrogen and oxygen atoms in total. The second kappa shape index (κ2) is 7.72. The number of halogens is 1. The molecule has 0 amide bonds. The molecule has 5 atom stereocenters. The van der Waals surface area contributed by atoms with E-state index >= 15 is 0 Å². The van der Waals surface area contributed by atoms with Crippen molar-refractivity contribution < 1.29 is 8.95 Å². The minimum atomic E-state index is -1.26. The molecule has 1 spiro atoms. The summed E-state index contributed by atoms with van der Waals surface area (Å²) in [7, 11) is 0.577. The Labute approximate surface area is 175 Å². The van der Waals surface area contributed by atoms with Crippen molar-refractivity contribution in [1.82, 2.24) is 0 Å². The molecule has 0 unspecified atom stereocenters. The first-order valence-corrected chi connectivity index (χ1v) is 11.8. The number of hydrogen-bond acceptors (Lipinski definition) is 2. The van der Waals surface area contributed by atoms with E-state index in [-0.39, 0.29) is 10.2 Å². The Morgan fingerprint density at radius 3 is 2.63 bits per heavy atom. The van der Waals surface area contributed by atoms with Gasteiger partial charge in [-0.05, 0) is 69.6 Å². The van der Waals surface area contributed by atoms with Gasteiger partial charge in [0.15, 0.2) is 0 Å². The van der Waals surface area contributed by atoms with Crippen LogP contribution in [0.25, 0.3) is 0 Å². The van der Waals surface area contributed by atoms with Gasteiger partial charge < -0.3 is 4.74 Å². The first-order valence-electron chi connectivity index (χ1n) is 9.94. The second-order valence-electron chi connectivity index (χ2n) is 9.31. The molecule has 0 heterocycles. The molecule has 0 radical (unpaired) electrons. The average molecular weight is 454 g/mol. The molecule has 3 rings (SSSR count). The molecule has 0 aromatic heterocycles. The Morgan fingerprint density at radius 1 is 1.33 bits per heavy atom. The largest absolute Gasteiger partial charge is 0.381 e. The van der Waals surface area contributed by atoms with E-state index < -0.39 is 11.0 Å². The zero-order chi connectivity index (χ0) is 20.0. The van der Waals surface area contributed by atoms with Gasteiger partial charge in [0.25, 0.3) is 0 Å². The highest BCUT2D eigenvalue weighted by atomic mass is 79.9. The topological polar surface area (TPSA) is 38.7 Å². The van der Waals surface area contributed by atoms with Gasteiger partial charge in [-0.25, -0.2) is 4.21 Å². The maximum atomic E-state index is 13.0. The van der Waals surface area contributed by atoms with Crippen LogP contribution in [0.2, 0.25) is 0 Å². The molecule has 2 aliphatic rings. The van der Waals surface area contributed by atoms with Gasteiger partial charge in [-0.3, -0.25) is 0 Å². The zero-order valence-electron chi connectivity index (χ0n) is 17.3. The van der Waals surface area contributed by atoms with E-state index in [9.17, 15) is 4.21 Å². The maximum absolute atomic E-state index is 13.0. The number of methoxy groups -OCH3 is 1.